The molecule has 2 N–H and O–H groups in total. The fraction of sp³-hybridized carbons (Fsp3) is 0.263. The lowest BCUT2D eigenvalue weighted by Gasteiger charge is -2.11. The largest absolute Gasteiger partial charge is 0.449 e. The van der Waals surface area contributed by atoms with Gasteiger partial charge in [-0.25, -0.2) is 14.3 Å². The number of esters is 1. The van der Waals surface area contributed by atoms with E-state index < -0.39 is 24.0 Å². The number of rotatable bonds is 6. The molecule has 0 saturated carbocycles. The lowest BCUT2D eigenvalue weighted by atomic mass is 10.2. The van der Waals surface area contributed by atoms with Gasteiger partial charge in [0.2, 0.25) is 0 Å². The topological polar surface area (TPSA) is 102 Å². The van der Waals surface area contributed by atoms with Crippen LogP contribution in [-0.4, -0.2) is 40.8 Å². The Morgan fingerprint density at radius 3 is 2.60 bits per heavy atom. The zero-order valence-electron chi connectivity index (χ0n) is 16.3. The molecule has 0 aliphatic rings. The summed E-state index contributed by atoms with van der Waals surface area (Å²) < 4.78 is 6.51. The lowest BCUT2D eigenvalue weighted by Crippen LogP contribution is -2.43. The Labute approximate surface area is 188 Å². The number of carbonyl (C=O) groups is 3. The van der Waals surface area contributed by atoms with Crippen molar-refractivity contribution in [2.45, 2.75) is 26.5 Å². The number of nitrogens with zero attached hydrogens (tertiary/aromatic N) is 2. The Hall–Kier alpha value is -2.55. The van der Waals surface area contributed by atoms with Crippen molar-refractivity contribution in [2.75, 3.05) is 7.05 Å². The number of nitrogens with one attached hydrogen (secondary N) is 2. The van der Waals surface area contributed by atoms with Crippen LogP contribution in [0.2, 0.25) is 15.2 Å². The highest BCUT2D eigenvalue weighted by Crippen LogP contribution is 2.26. The van der Waals surface area contributed by atoms with Gasteiger partial charge in [-0.2, -0.15) is 5.10 Å². The standard InChI is InChI=1S/C19H19Cl3N4O4/c1-10-14(6-7-16(27)30-11(2)18(28)24-19(29)23-3)17(22)26(25-10)9-12-4-5-13(20)8-15(12)21/h4-8,11H,9H2,1-3H3,(H2,23,24,28,29)/b7-6+. The van der Waals surface area contributed by atoms with E-state index in [1.807, 2.05) is 5.32 Å². The van der Waals surface area contributed by atoms with Crippen LogP contribution in [0.1, 0.15) is 23.7 Å². The van der Waals surface area contributed by atoms with Gasteiger partial charge in [-0.15, -0.1) is 0 Å². The average molecular weight is 474 g/mol. The van der Waals surface area contributed by atoms with Crippen LogP contribution in [-0.2, 0) is 20.9 Å². The molecule has 30 heavy (non-hydrogen) atoms. The van der Waals surface area contributed by atoms with Crippen molar-refractivity contribution in [1.82, 2.24) is 20.4 Å². The van der Waals surface area contributed by atoms with Gasteiger partial charge in [0.15, 0.2) is 6.10 Å². The van der Waals surface area contributed by atoms with Gasteiger partial charge < -0.3 is 10.1 Å². The Morgan fingerprint density at radius 1 is 1.27 bits per heavy atom. The van der Waals surface area contributed by atoms with Crippen LogP contribution in [0.4, 0.5) is 4.79 Å². The Balaban J connectivity index is 2.07. The van der Waals surface area contributed by atoms with Crippen LogP contribution in [0.5, 0.6) is 0 Å². The number of ether oxygens (including phenoxy) is 1. The lowest BCUT2D eigenvalue weighted by molar-refractivity contribution is -0.149. The molecular formula is C19H19Cl3N4O4. The second-order valence-corrected chi connectivity index (χ2v) is 7.37. The molecule has 1 aromatic carbocycles. The second kappa shape index (κ2) is 10.5. The summed E-state index contributed by atoms with van der Waals surface area (Å²) >= 11 is 18.5. The third-order valence-electron chi connectivity index (χ3n) is 3.96. The van der Waals surface area contributed by atoms with E-state index in [2.05, 4.69) is 10.4 Å². The molecule has 0 aliphatic heterocycles. The molecule has 0 fully saturated rings. The molecule has 0 spiro atoms. The first-order valence-corrected chi connectivity index (χ1v) is 9.83. The Morgan fingerprint density at radius 2 is 1.97 bits per heavy atom. The molecule has 1 heterocycles. The fourth-order valence-corrected chi connectivity index (χ4v) is 3.13. The van der Waals surface area contributed by atoms with Crippen molar-refractivity contribution in [3.05, 3.63) is 56.3 Å². The first kappa shape index (κ1) is 23.7. The molecule has 0 saturated heterocycles. The SMILES string of the molecule is CNC(=O)NC(=O)C(C)OC(=O)/C=C/c1c(C)nn(Cc2ccc(Cl)cc2Cl)c1Cl. The molecule has 1 unspecified atom stereocenters. The highest BCUT2D eigenvalue weighted by molar-refractivity contribution is 6.35. The quantitative estimate of drug-likeness (QED) is 0.493. The minimum Gasteiger partial charge on any atom is -0.449 e. The van der Waals surface area contributed by atoms with Gasteiger partial charge in [0.25, 0.3) is 5.91 Å². The third-order valence-corrected chi connectivity index (χ3v) is 4.94. The van der Waals surface area contributed by atoms with Crippen LogP contribution in [0.3, 0.4) is 0 Å². The van der Waals surface area contributed by atoms with Gasteiger partial charge >= 0.3 is 12.0 Å². The van der Waals surface area contributed by atoms with Crippen molar-refractivity contribution >= 4 is 58.8 Å². The number of benzene rings is 1. The van der Waals surface area contributed by atoms with Crippen LogP contribution >= 0.6 is 34.8 Å². The molecule has 0 radical (unpaired) electrons. The molecule has 3 amide bonds. The number of halogens is 3. The average Bonchev–Trinajstić information content (AvgIpc) is 2.94. The summed E-state index contributed by atoms with van der Waals surface area (Å²) in [4.78, 5) is 34.9. The van der Waals surface area contributed by atoms with E-state index in [4.69, 9.17) is 39.5 Å². The third kappa shape index (κ3) is 6.22. The summed E-state index contributed by atoms with van der Waals surface area (Å²) in [5, 5.41) is 9.90. The maximum absolute atomic E-state index is 12.0. The van der Waals surface area contributed by atoms with Gasteiger partial charge in [0.05, 0.1) is 12.2 Å². The first-order valence-electron chi connectivity index (χ1n) is 8.70. The van der Waals surface area contributed by atoms with Crippen molar-refractivity contribution in [1.29, 1.82) is 0 Å². The van der Waals surface area contributed by atoms with Gasteiger partial charge in [-0.05, 0) is 37.6 Å². The Bertz CT molecular complexity index is 1000. The van der Waals surface area contributed by atoms with Crippen LogP contribution in [0.25, 0.3) is 6.08 Å². The molecule has 2 aromatic rings. The zero-order valence-corrected chi connectivity index (χ0v) is 18.6. The van der Waals surface area contributed by atoms with Crippen molar-refractivity contribution in [3.63, 3.8) is 0 Å². The summed E-state index contributed by atoms with van der Waals surface area (Å²) in [6, 6.07) is 4.41. The van der Waals surface area contributed by atoms with E-state index in [-0.39, 0.29) is 0 Å². The van der Waals surface area contributed by atoms with Gasteiger partial charge in [-0.1, -0.05) is 40.9 Å². The fourth-order valence-electron chi connectivity index (χ4n) is 2.37. The van der Waals surface area contributed by atoms with E-state index in [1.165, 1.54) is 24.7 Å². The molecule has 2 rings (SSSR count). The summed E-state index contributed by atoms with van der Waals surface area (Å²) in [7, 11) is 1.36. The molecule has 11 heteroatoms. The number of amides is 3. The van der Waals surface area contributed by atoms with Crippen molar-refractivity contribution in [3.8, 4) is 0 Å². The summed E-state index contributed by atoms with van der Waals surface area (Å²) in [5.41, 5.74) is 1.87. The highest BCUT2D eigenvalue weighted by Gasteiger charge is 2.19. The minimum absolute atomic E-state index is 0.299. The molecule has 1 atom stereocenters. The zero-order chi connectivity index (χ0) is 22.4. The van der Waals surface area contributed by atoms with Crippen molar-refractivity contribution < 1.29 is 19.1 Å². The number of hydrogen-bond acceptors (Lipinski definition) is 5. The van der Waals surface area contributed by atoms with Crippen LogP contribution in [0, 0.1) is 6.92 Å². The van der Waals surface area contributed by atoms with Crippen LogP contribution < -0.4 is 10.6 Å². The summed E-state index contributed by atoms with van der Waals surface area (Å²) in [6.07, 6.45) is 1.40. The van der Waals surface area contributed by atoms with E-state index in [0.29, 0.717) is 33.0 Å². The second-order valence-electron chi connectivity index (χ2n) is 6.16. The minimum atomic E-state index is -1.16. The molecule has 0 bridgehead atoms. The van der Waals surface area contributed by atoms with Gasteiger partial charge in [0, 0.05) is 28.7 Å². The first-order chi connectivity index (χ1) is 14.1. The number of urea groups is 1. The monoisotopic (exact) mass is 472 g/mol. The molecular weight excluding hydrogens is 455 g/mol. The van der Waals surface area contributed by atoms with E-state index in [9.17, 15) is 14.4 Å². The highest BCUT2D eigenvalue weighted by atomic mass is 35.5. The van der Waals surface area contributed by atoms with E-state index >= 15 is 0 Å². The van der Waals surface area contributed by atoms with Gasteiger partial charge in [0.1, 0.15) is 5.15 Å². The summed E-state index contributed by atoms with van der Waals surface area (Å²) in [6.45, 7) is 3.39. The number of aromatic nitrogens is 2. The van der Waals surface area contributed by atoms with Crippen molar-refractivity contribution in [2.24, 2.45) is 0 Å². The maximum atomic E-state index is 12.0. The summed E-state index contributed by atoms with van der Waals surface area (Å²) in [5.74, 6) is -1.53. The smallest absolute Gasteiger partial charge is 0.331 e. The molecule has 0 aliphatic carbocycles. The maximum Gasteiger partial charge on any atom is 0.331 e. The molecule has 160 valence electrons. The predicted molar refractivity (Wildman–Crippen MR) is 115 cm³/mol. The number of imide groups is 1. The normalized spacial score (nSPS) is 11.9. The van der Waals surface area contributed by atoms with E-state index in [1.54, 1.807) is 25.1 Å². The predicted octanol–water partition coefficient (Wildman–Crippen LogP) is 3.60. The number of hydrogen-bond donors (Lipinski definition) is 2. The number of aryl methyl sites for hydroxylation is 1. The van der Waals surface area contributed by atoms with Gasteiger partial charge in [-0.3, -0.25) is 10.1 Å². The Kier molecular flexibility index (Phi) is 8.28. The van der Waals surface area contributed by atoms with Crippen LogP contribution in [0.15, 0.2) is 24.3 Å². The van der Waals surface area contributed by atoms with E-state index in [0.717, 1.165) is 11.6 Å². The molecule has 1 aromatic heterocycles. The number of carbonyl (C=O) groups excluding carboxylic acids is 3. The molecule has 8 nitrogen and oxygen atoms in total.